The van der Waals surface area contributed by atoms with E-state index in [1.807, 2.05) is 6.07 Å². The Kier molecular flexibility index (Phi) is 6.83. The SMILES string of the molecule is C[Si](COc1ccc2c(c1)C(=O)C(CC1CCCCCCC1)C2)C(C)(C)C. The molecular formula is C24H37O2Si. The molecule has 0 amide bonds. The van der Waals surface area contributed by atoms with E-state index in [0.29, 0.717) is 10.8 Å². The molecular weight excluding hydrogens is 348 g/mol. The van der Waals surface area contributed by atoms with Gasteiger partial charge in [-0.1, -0.05) is 78.3 Å². The van der Waals surface area contributed by atoms with E-state index in [1.165, 1.54) is 50.5 Å². The fourth-order valence-electron chi connectivity index (χ4n) is 4.41. The van der Waals surface area contributed by atoms with Crippen LogP contribution in [0.1, 0.15) is 88.1 Å². The first-order chi connectivity index (χ1) is 12.8. The second kappa shape index (κ2) is 8.94. The largest absolute Gasteiger partial charge is 0.497 e. The molecule has 2 nitrogen and oxygen atoms in total. The molecule has 1 unspecified atom stereocenters. The first-order valence-electron chi connectivity index (χ1n) is 11.0. The molecule has 3 rings (SSSR count). The van der Waals surface area contributed by atoms with Crippen LogP contribution in [0.3, 0.4) is 0 Å². The highest BCUT2D eigenvalue weighted by molar-refractivity contribution is 6.60. The number of Topliss-reactive ketones (excluding diaryl/α,β-unsaturated/α-hetero) is 1. The summed E-state index contributed by atoms with van der Waals surface area (Å²) >= 11 is 0. The summed E-state index contributed by atoms with van der Waals surface area (Å²) in [7, 11) is -0.573. The number of hydrogen-bond donors (Lipinski definition) is 0. The zero-order chi connectivity index (χ0) is 19.4. The van der Waals surface area contributed by atoms with Crippen molar-refractivity contribution in [2.45, 2.75) is 90.1 Å². The quantitative estimate of drug-likeness (QED) is 0.531. The van der Waals surface area contributed by atoms with Gasteiger partial charge in [-0.15, -0.1) is 0 Å². The van der Waals surface area contributed by atoms with Gasteiger partial charge in [-0.2, -0.15) is 0 Å². The predicted molar refractivity (Wildman–Crippen MR) is 115 cm³/mol. The first kappa shape index (κ1) is 20.6. The summed E-state index contributed by atoms with van der Waals surface area (Å²) in [5.74, 6) is 2.21. The lowest BCUT2D eigenvalue weighted by molar-refractivity contribution is 0.0913. The number of ether oxygens (including phenoxy) is 1. The van der Waals surface area contributed by atoms with Crippen LogP contribution < -0.4 is 4.74 Å². The van der Waals surface area contributed by atoms with Crippen LogP contribution in [-0.2, 0) is 6.42 Å². The van der Waals surface area contributed by atoms with E-state index in [4.69, 9.17) is 4.74 Å². The van der Waals surface area contributed by atoms with Crippen molar-refractivity contribution in [2.75, 3.05) is 6.23 Å². The molecule has 1 saturated carbocycles. The predicted octanol–water partition coefficient (Wildman–Crippen LogP) is 6.63. The Balaban J connectivity index is 1.60. The maximum atomic E-state index is 13.0. The summed E-state index contributed by atoms with van der Waals surface area (Å²) in [4.78, 5) is 13.0. The number of carbonyl (C=O) groups is 1. The van der Waals surface area contributed by atoms with Crippen LogP contribution in [0.5, 0.6) is 5.75 Å². The minimum atomic E-state index is -0.573. The molecule has 0 saturated heterocycles. The van der Waals surface area contributed by atoms with Crippen molar-refractivity contribution >= 4 is 14.6 Å². The molecule has 3 heteroatoms. The highest BCUT2D eigenvalue weighted by Gasteiger charge is 2.32. The molecule has 0 heterocycles. The minimum absolute atomic E-state index is 0.208. The van der Waals surface area contributed by atoms with Crippen LogP contribution in [0.15, 0.2) is 18.2 Å². The van der Waals surface area contributed by atoms with Gasteiger partial charge in [-0.25, -0.2) is 0 Å². The molecule has 1 aromatic rings. The van der Waals surface area contributed by atoms with Gasteiger partial charge >= 0.3 is 0 Å². The molecule has 2 aliphatic rings. The van der Waals surface area contributed by atoms with Crippen molar-refractivity contribution in [2.24, 2.45) is 11.8 Å². The van der Waals surface area contributed by atoms with Gasteiger partial charge in [0.25, 0.3) is 0 Å². The molecule has 1 radical (unpaired) electrons. The first-order valence-corrected chi connectivity index (χ1v) is 13.2. The average Bonchev–Trinajstić information content (AvgIpc) is 2.90. The van der Waals surface area contributed by atoms with Gasteiger partial charge in [0.05, 0.1) is 15.0 Å². The van der Waals surface area contributed by atoms with E-state index in [0.717, 1.165) is 36.3 Å². The maximum Gasteiger partial charge on any atom is 0.166 e. The van der Waals surface area contributed by atoms with Crippen LogP contribution in [0.4, 0.5) is 0 Å². The fourth-order valence-corrected chi connectivity index (χ4v) is 5.22. The number of rotatable bonds is 5. The van der Waals surface area contributed by atoms with Crippen molar-refractivity contribution in [3.63, 3.8) is 0 Å². The lowest BCUT2D eigenvalue weighted by Crippen LogP contribution is -2.29. The Morgan fingerprint density at radius 1 is 1.07 bits per heavy atom. The van der Waals surface area contributed by atoms with Crippen molar-refractivity contribution in [3.05, 3.63) is 29.3 Å². The van der Waals surface area contributed by atoms with Crippen LogP contribution in [0.25, 0.3) is 0 Å². The molecule has 1 fully saturated rings. The van der Waals surface area contributed by atoms with Crippen LogP contribution >= 0.6 is 0 Å². The molecule has 149 valence electrons. The van der Waals surface area contributed by atoms with Crippen LogP contribution in [0, 0.1) is 11.8 Å². The van der Waals surface area contributed by atoms with Gasteiger partial charge in [0.1, 0.15) is 5.75 Å². The zero-order valence-corrected chi connectivity index (χ0v) is 18.8. The number of benzene rings is 1. The van der Waals surface area contributed by atoms with Crippen LogP contribution in [0.2, 0.25) is 11.6 Å². The number of ketones is 1. The third kappa shape index (κ3) is 5.46. The van der Waals surface area contributed by atoms with Gasteiger partial charge in [0, 0.05) is 11.5 Å². The molecule has 0 aromatic heterocycles. The Bertz CT molecular complexity index is 638. The smallest absolute Gasteiger partial charge is 0.166 e. The summed E-state index contributed by atoms with van der Waals surface area (Å²) in [6.07, 6.45) is 12.3. The van der Waals surface area contributed by atoms with E-state index in [9.17, 15) is 4.79 Å². The standard InChI is InChI=1S/C24H37O2Si/c1-24(2,3)27(4)17-26-21-13-12-19-15-20(23(25)22(19)16-21)14-18-10-8-6-5-7-9-11-18/h12-13,16,18,20H,5-11,14-15,17H2,1-4H3. The molecule has 27 heavy (non-hydrogen) atoms. The summed E-state index contributed by atoms with van der Waals surface area (Å²) in [5.41, 5.74) is 2.17. The monoisotopic (exact) mass is 385 g/mol. The minimum Gasteiger partial charge on any atom is -0.497 e. The number of carbonyl (C=O) groups excluding carboxylic acids is 1. The third-order valence-corrected chi connectivity index (χ3v) is 9.90. The highest BCUT2D eigenvalue weighted by atomic mass is 28.3. The lowest BCUT2D eigenvalue weighted by Gasteiger charge is -2.25. The van der Waals surface area contributed by atoms with Gasteiger partial charge < -0.3 is 4.74 Å². The van der Waals surface area contributed by atoms with Gasteiger partial charge in [0.2, 0.25) is 0 Å². The number of hydrogen-bond acceptors (Lipinski definition) is 2. The lowest BCUT2D eigenvalue weighted by atomic mass is 9.83. The third-order valence-electron chi connectivity index (χ3n) is 6.76. The summed E-state index contributed by atoms with van der Waals surface area (Å²) in [5, 5.41) is 0.333. The number of fused-ring (bicyclic) bond motifs is 1. The summed E-state index contributed by atoms with van der Waals surface area (Å²) in [6.45, 7) is 9.19. The Hall–Kier alpha value is -1.09. The van der Waals surface area contributed by atoms with Crippen LogP contribution in [-0.4, -0.2) is 20.8 Å². The van der Waals surface area contributed by atoms with Crippen molar-refractivity contribution in [1.82, 2.24) is 0 Å². The van der Waals surface area contributed by atoms with E-state index >= 15 is 0 Å². The highest BCUT2D eigenvalue weighted by Crippen LogP contribution is 2.36. The zero-order valence-electron chi connectivity index (χ0n) is 17.8. The fraction of sp³-hybridized carbons (Fsp3) is 0.708. The van der Waals surface area contributed by atoms with E-state index in [1.54, 1.807) is 0 Å². The van der Waals surface area contributed by atoms with E-state index < -0.39 is 8.80 Å². The summed E-state index contributed by atoms with van der Waals surface area (Å²) in [6, 6.07) is 6.23. The summed E-state index contributed by atoms with van der Waals surface area (Å²) < 4.78 is 6.08. The molecule has 2 aliphatic carbocycles. The molecule has 1 aromatic carbocycles. The van der Waals surface area contributed by atoms with Gasteiger partial charge in [-0.05, 0) is 41.5 Å². The molecule has 0 bridgehead atoms. The average molecular weight is 386 g/mol. The van der Waals surface area contributed by atoms with Gasteiger partial charge in [-0.3, -0.25) is 4.79 Å². The Labute approximate surface area is 167 Å². The van der Waals surface area contributed by atoms with Gasteiger partial charge in [0.15, 0.2) is 5.78 Å². The second-order valence-electron chi connectivity index (χ2n) is 9.85. The topological polar surface area (TPSA) is 26.3 Å². The second-order valence-corrected chi connectivity index (χ2v) is 13.2. The maximum absolute atomic E-state index is 13.0. The Morgan fingerprint density at radius 3 is 2.41 bits per heavy atom. The van der Waals surface area contributed by atoms with Crippen molar-refractivity contribution in [3.8, 4) is 5.75 Å². The van der Waals surface area contributed by atoms with Crippen molar-refractivity contribution < 1.29 is 9.53 Å². The molecule has 0 N–H and O–H groups in total. The van der Waals surface area contributed by atoms with E-state index in [-0.39, 0.29) is 5.92 Å². The van der Waals surface area contributed by atoms with E-state index in [2.05, 4.69) is 39.5 Å². The molecule has 0 spiro atoms. The molecule has 1 atom stereocenters. The van der Waals surface area contributed by atoms with Crippen molar-refractivity contribution in [1.29, 1.82) is 0 Å². The molecule has 0 aliphatic heterocycles. The normalized spacial score (nSPS) is 21.8. The Morgan fingerprint density at radius 2 is 1.74 bits per heavy atom.